The molecule has 0 fully saturated rings. The minimum absolute atomic E-state index is 0.170. The van der Waals surface area contributed by atoms with Crippen LogP contribution in [0.4, 0.5) is 0 Å². The first kappa shape index (κ1) is 24.0. The zero-order valence-corrected chi connectivity index (χ0v) is 20.7. The highest BCUT2D eigenvalue weighted by Gasteiger charge is 2.23. The van der Waals surface area contributed by atoms with Crippen LogP contribution in [-0.4, -0.2) is 40.7 Å². The summed E-state index contributed by atoms with van der Waals surface area (Å²) in [5, 5.41) is 9.62. The number of hydrogen-bond acceptors (Lipinski definition) is 8. The van der Waals surface area contributed by atoms with Crippen molar-refractivity contribution in [2.24, 2.45) is 0 Å². The van der Waals surface area contributed by atoms with E-state index in [1.54, 1.807) is 38.1 Å². The number of sulfonamides is 1. The minimum atomic E-state index is -3.62. The predicted octanol–water partition coefficient (Wildman–Crippen LogP) is 3.40. The summed E-state index contributed by atoms with van der Waals surface area (Å²) < 4.78 is 33.8. The van der Waals surface area contributed by atoms with Gasteiger partial charge in [-0.25, -0.2) is 17.9 Å². The number of nitrogens with two attached hydrogens (primary N) is 1. The molecule has 0 aliphatic heterocycles. The van der Waals surface area contributed by atoms with Gasteiger partial charge in [0.2, 0.25) is 15.2 Å². The normalized spacial score (nSPS) is 12.0. The molecule has 34 heavy (non-hydrogen) atoms. The van der Waals surface area contributed by atoms with E-state index >= 15 is 0 Å². The summed E-state index contributed by atoms with van der Waals surface area (Å²) >= 11 is 1.32. The SMILES string of the molecule is CCN(CC)S(=O)(=O)c1cccc(-c2nnc(SCc3cc(=O)oc4cc(C)ccc34)n2N)c1. The number of aryl methyl sites for hydroxylation is 1. The van der Waals surface area contributed by atoms with Gasteiger partial charge < -0.3 is 10.3 Å². The molecule has 0 atom stereocenters. The van der Waals surface area contributed by atoms with E-state index in [0.717, 1.165) is 16.5 Å². The summed E-state index contributed by atoms with van der Waals surface area (Å²) in [5.41, 5.74) is 2.44. The Hall–Kier alpha value is -3.15. The summed E-state index contributed by atoms with van der Waals surface area (Å²) in [6.07, 6.45) is 0. The second-order valence-electron chi connectivity index (χ2n) is 7.67. The summed E-state index contributed by atoms with van der Waals surface area (Å²) in [4.78, 5) is 12.2. The van der Waals surface area contributed by atoms with Crippen LogP contribution in [0.1, 0.15) is 25.0 Å². The Morgan fingerprint density at radius 3 is 2.59 bits per heavy atom. The van der Waals surface area contributed by atoms with Gasteiger partial charge in [-0.05, 0) is 36.2 Å². The average molecular weight is 500 g/mol. The van der Waals surface area contributed by atoms with Crippen LogP contribution >= 0.6 is 11.8 Å². The van der Waals surface area contributed by atoms with Gasteiger partial charge >= 0.3 is 5.63 Å². The molecule has 4 rings (SSSR count). The fraction of sp³-hybridized carbons (Fsp3) is 0.261. The van der Waals surface area contributed by atoms with Gasteiger partial charge in [0.05, 0.1) is 4.90 Å². The molecule has 0 saturated carbocycles. The van der Waals surface area contributed by atoms with Gasteiger partial charge in [-0.1, -0.05) is 49.9 Å². The summed E-state index contributed by atoms with van der Waals surface area (Å²) in [5.74, 6) is 7.03. The number of aromatic nitrogens is 3. The lowest BCUT2D eigenvalue weighted by Gasteiger charge is -2.18. The van der Waals surface area contributed by atoms with Crippen LogP contribution in [0.3, 0.4) is 0 Å². The number of nitrogens with zero attached hydrogens (tertiary/aromatic N) is 4. The van der Waals surface area contributed by atoms with E-state index in [2.05, 4.69) is 10.2 Å². The van der Waals surface area contributed by atoms with Crippen molar-refractivity contribution in [3.63, 3.8) is 0 Å². The topological polar surface area (TPSA) is 124 Å². The molecule has 2 heterocycles. The van der Waals surface area contributed by atoms with E-state index in [9.17, 15) is 13.2 Å². The highest BCUT2D eigenvalue weighted by Crippen LogP contribution is 2.28. The first-order chi connectivity index (χ1) is 16.2. The lowest BCUT2D eigenvalue weighted by atomic mass is 10.1. The number of benzene rings is 2. The summed E-state index contributed by atoms with van der Waals surface area (Å²) in [6.45, 7) is 6.28. The van der Waals surface area contributed by atoms with Gasteiger partial charge in [0.15, 0.2) is 5.82 Å². The molecule has 0 spiro atoms. The van der Waals surface area contributed by atoms with Crippen molar-refractivity contribution >= 4 is 32.8 Å². The molecule has 0 aliphatic carbocycles. The van der Waals surface area contributed by atoms with Gasteiger partial charge in [0.1, 0.15) is 5.58 Å². The van der Waals surface area contributed by atoms with Crippen molar-refractivity contribution in [1.82, 2.24) is 19.2 Å². The van der Waals surface area contributed by atoms with Crippen molar-refractivity contribution in [3.8, 4) is 11.4 Å². The number of nitrogen functional groups attached to an aromatic ring is 1. The molecule has 9 nitrogen and oxygen atoms in total. The average Bonchev–Trinajstić information content (AvgIpc) is 3.18. The maximum Gasteiger partial charge on any atom is 0.336 e. The number of thioether (sulfide) groups is 1. The molecule has 2 aromatic carbocycles. The van der Waals surface area contributed by atoms with Crippen molar-refractivity contribution in [2.45, 2.75) is 36.6 Å². The highest BCUT2D eigenvalue weighted by atomic mass is 32.2. The molecule has 0 amide bonds. The number of hydrogen-bond donors (Lipinski definition) is 1. The molecule has 0 unspecified atom stereocenters. The Balaban J connectivity index is 1.62. The molecule has 2 N–H and O–H groups in total. The molecule has 2 aromatic heterocycles. The Morgan fingerprint density at radius 1 is 1.09 bits per heavy atom. The summed E-state index contributed by atoms with van der Waals surface area (Å²) in [7, 11) is -3.62. The Bertz CT molecular complexity index is 1510. The molecule has 0 saturated heterocycles. The molecular formula is C23H25N5O4S2. The lowest BCUT2D eigenvalue weighted by molar-refractivity contribution is 0.445. The molecule has 11 heteroatoms. The van der Waals surface area contributed by atoms with Crippen molar-refractivity contribution < 1.29 is 12.8 Å². The third kappa shape index (κ3) is 4.59. The summed E-state index contributed by atoms with van der Waals surface area (Å²) in [6, 6.07) is 13.7. The van der Waals surface area contributed by atoms with Crippen LogP contribution in [0.15, 0.2) is 67.8 Å². The third-order valence-electron chi connectivity index (χ3n) is 5.44. The zero-order chi connectivity index (χ0) is 24.5. The van der Waals surface area contributed by atoms with E-state index < -0.39 is 15.6 Å². The third-order valence-corrected chi connectivity index (χ3v) is 8.48. The van der Waals surface area contributed by atoms with Crippen molar-refractivity contribution in [3.05, 3.63) is 70.1 Å². The molecule has 4 aromatic rings. The molecule has 0 bridgehead atoms. The van der Waals surface area contributed by atoms with Crippen molar-refractivity contribution in [2.75, 3.05) is 18.9 Å². The van der Waals surface area contributed by atoms with Crippen LogP contribution in [0, 0.1) is 6.92 Å². The van der Waals surface area contributed by atoms with Gasteiger partial charge in [0.25, 0.3) is 0 Å². The number of rotatable bonds is 8. The molecule has 0 aliphatic rings. The van der Waals surface area contributed by atoms with E-state index in [-0.39, 0.29) is 4.90 Å². The van der Waals surface area contributed by atoms with Crippen LogP contribution < -0.4 is 11.5 Å². The maximum atomic E-state index is 12.9. The van der Waals surface area contributed by atoms with E-state index in [0.29, 0.717) is 41.0 Å². The van der Waals surface area contributed by atoms with Crippen LogP contribution in [-0.2, 0) is 15.8 Å². The van der Waals surface area contributed by atoms with Gasteiger partial charge in [-0.2, -0.15) is 4.31 Å². The fourth-order valence-corrected chi connectivity index (χ4v) is 6.03. The Kier molecular flexibility index (Phi) is 6.78. The first-order valence-electron chi connectivity index (χ1n) is 10.7. The van der Waals surface area contributed by atoms with Gasteiger partial charge in [0, 0.05) is 35.9 Å². The highest BCUT2D eigenvalue weighted by molar-refractivity contribution is 7.98. The number of fused-ring (bicyclic) bond motifs is 1. The quantitative estimate of drug-likeness (QED) is 0.222. The molecule has 178 valence electrons. The molecular weight excluding hydrogens is 474 g/mol. The second kappa shape index (κ2) is 9.61. The van der Waals surface area contributed by atoms with Gasteiger partial charge in [-0.15, -0.1) is 10.2 Å². The fourth-order valence-electron chi connectivity index (χ4n) is 3.68. The smallest absolute Gasteiger partial charge is 0.336 e. The van der Waals surface area contributed by atoms with E-state index in [1.807, 2.05) is 25.1 Å². The Labute approximate surface area is 201 Å². The second-order valence-corrected chi connectivity index (χ2v) is 10.6. The predicted molar refractivity (Wildman–Crippen MR) is 132 cm³/mol. The standard InChI is InChI=1S/C23H25N5O4S2/c1-4-27(5-2)34(30,31)18-8-6-7-16(12-18)22-25-26-23(28(22)24)33-14-17-13-21(29)32-20-11-15(3)9-10-19(17)20/h6-13H,4-5,14,24H2,1-3H3. The lowest BCUT2D eigenvalue weighted by Crippen LogP contribution is -2.30. The van der Waals surface area contributed by atoms with Crippen LogP contribution in [0.25, 0.3) is 22.4 Å². The zero-order valence-electron chi connectivity index (χ0n) is 19.1. The maximum absolute atomic E-state index is 12.9. The van der Waals surface area contributed by atoms with Crippen LogP contribution in [0.5, 0.6) is 0 Å². The first-order valence-corrected chi connectivity index (χ1v) is 13.1. The van der Waals surface area contributed by atoms with Gasteiger partial charge in [-0.3, -0.25) is 0 Å². The van der Waals surface area contributed by atoms with E-state index in [4.69, 9.17) is 10.3 Å². The Morgan fingerprint density at radius 2 is 1.85 bits per heavy atom. The van der Waals surface area contributed by atoms with Crippen molar-refractivity contribution in [1.29, 1.82) is 0 Å². The van der Waals surface area contributed by atoms with E-state index in [1.165, 1.54) is 26.8 Å². The van der Waals surface area contributed by atoms with Crippen LogP contribution in [0.2, 0.25) is 0 Å². The monoisotopic (exact) mass is 499 g/mol. The largest absolute Gasteiger partial charge is 0.423 e. The molecule has 0 radical (unpaired) electrons. The minimum Gasteiger partial charge on any atom is -0.423 e.